The zero-order valence-corrected chi connectivity index (χ0v) is 15.9. The third kappa shape index (κ3) is 4.03. The standard InChI is InChI=1S/C22H22N4O3/c27-20(16-10-4-5-11-16)23-24-21(28)19-17-12-6-7-13-18(17)22(29)26(25-19)14-15-8-2-1-3-9-15/h1-3,6-9,12-13,16H,4-5,10-11,14H2,(H,23,27)(H,24,28). The second kappa shape index (κ2) is 8.26. The molecule has 0 bridgehead atoms. The van der Waals surface area contributed by atoms with E-state index in [1.165, 1.54) is 4.68 Å². The van der Waals surface area contributed by atoms with Gasteiger partial charge in [-0.2, -0.15) is 5.10 Å². The Labute approximate surface area is 167 Å². The van der Waals surface area contributed by atoms with Gasteiger partial charge in [-0.1, -0.05) is 61.4 Å². The Hall–Kier alpha value is -3.48. The van der Waals surface area contributed by atoms with Crippen LogP contribution >= 0.6 is 0 Å². The van der Waals surface area contributed by atoms with Gasteiger partial charge in [0.1, 0.15) is 0 Å². The minimum atomic E-state index is -0.547. The zero-order valence-electron chi connectivity index (χ0n) is 15.9. The lowest BCUT2D eigenvalue weighted by Crippen LogP contribution is -2.45. The highest BCUT2D eigenvalue weighted by molar-refractivity contribution is 6.05. The third-order valence-electron chi connectivity index (χ3n) is 5.28. The summed E-state index contributed by atoms with van der Waals surface area (Å²) in [6.45, 7) is 0.249. The molecule has 2 aromatic carbocycles. The Morgan fingerprint density at radius 1 is 0.931 bits per heavy atom. The van der Waals surface area contributed by atoms with Gasteiger partial charge in [0.2, 0.25) is 5.91 Å². The fourth-order valence-electron chi connectivity index (χ4n) is 3.73. The maximum absolute atomic E-state index is 12.8. The van der Waals surface area contributed by atoms with Crippen molar-refractivity contribution in [2.75, 3.05) is 0 Å². The van der Waals surface area contributed by atoms with E-state index in [1.54, 1.807) is 24.3 Å². The summed E-state index contributed by atoms with van der Waals surface area (Å²) < 4.78 is 1.28. The molecular formula is C22H22N4O3. The minimum absolute atomic E-state index is 0.0629. The molecule has 1 heterocycles. The van der Waals surface area contributed by atoms with E-state index in [9.17, 15) is 14.4 Å². The number of amides is 2. The molecule has 0 spiro atoms. The number of nitrogens with zero attached hydrogens (tertiary/aromatic N) is 2. The Bertz CT molecular complexity index is 1100. The van der Waals surface area contributed by atoms with Gasteiger partial charge in [-0.3, -0.25) is 25.2 Å². The molecule has 0 saturated heterocycles. The van der Waals surface area contributed by atoms with Crippen LogP contribution in [0.3, 0.4) is 0 Å². The lowest BCUT2D eigenvalue weighted by molar-refractivity contribution is -0.125. The molecule has 29 heavy (non-hydrogen) atoms. The van der Waals surface area contributed by atoms with Crippen LogP contribution in [-0.2, 0) is 11.3 Å². The predicted octanol–water partition coefficient (Wildman–Crippen LogP) is 2.40. The molecule has 0 atom stereocenters. The molecule has 2 N–H and O–H groups in total. The van der Waals surface area contributed by atoms with Crippen molar-refractivity contribution in [2.45, 2.75) is 32.2 Å². The molecule has 0 radical (unpaired) electrons. The van der Waals surface area contributed by atoms with Crippen molar-refractivity contribution in [3.8, 4) is 0 Å². The molecule has 1 saturated carbocycles. The molecule has 7 nitrogen and oxygen atoms in total. The molecule has 148 valence electrons. The molecule has 2 amide bonds. The summed E-state index contributed by atoms with van der Waals surface area (Å²) >= 11 is 0. The van der Waals surface area contributed by atoms with Gasteiger partial charge in [-0.05, 0) is 24.5 Å². The molecule has 0 unspecified atom stereocenters. The maximum atomic E-state index is 12.8. The van der Waals surface area contributed by atoms with Crippen LogP contribution in [0.1, 0.15) is 41.7 Å². The predicted molar refractivity (Wildman–Crippen MR) is 109 cm³/mol. The highest BCUT2D eigenvalue weighted by Gasteiger charge is 2.24. The van der Waals surface area contributed by atoms with Gasteiger partial charge in [0.15, 0.2) is 5.69 Å². The van der Waals surface area contributed by atoms with Crippen LogP contribution < -0.4 is 16.4 Å². The smallest absolute Gasteiger partial charge is 0.273 e. The molecule has 4 rings (SSSR count). The van der Waals surface area contributed by atoms with Gasteiger partial charge in [-0.15, -0.1) is 0 Å². The minimum Gasteiger partial charge on any atom is -0.273 e. The number of rotatable bonds is 4. The van der Waals surface area contributed by atoms with Crippen molar-refractivity contribution in [3.05, 3.63) is 76.2 Å². The number of hydrogen-bond donors (Lipinski definition) is 2. The summed E-state index contributed by atoms with van der Waals surface area (Å²) in [4.78, 5) is 37.8. The number of carbonyl (C=O) groups is 2. The molecule has 3 aromatic rings. The van der Waals surface area contributed by atoms with Gasteiger partial charge in [0.25, 0.3) is 11.5 Å². The molecule has 0 aliphatic heterocycles. The van der Waals surface area contributed by atoms with Crippen LogP contribution in [0.15, 0.2) is 59.4 Å². The van der Waals surface area contributed by atoms with Gasteiger partial charge < -0.3 is 0 Å². The summed E-state index contributed by atoms with van der Waals surface area (Å²) in [6.07, 6.45) is 3.74. The van der Waals surface area contributed by atoms with Gasteiger partial charge in [-0.25, -0.2) is 4.68 Å². The second-order valence-electron chi connectivity index (χ2n) is 7.27. The van der Waals surface area contributed by atoms with Crippen LogP contribution in [0.2, 0.25) is 0 Å². The number of hydrogen-bond acceptors (Lipinski definition) is 4. The first-order valence-electron chi connectivity index (χ1n) is 9.77. The highest BCUT2D eigenvalue weighted by atomic mass is 16.2. The molecular weight excluding hydrogens is 368 g/mol. The SMILES string of the molecule is O=C(NNC(=O)C1CCCC1)c1nn(Cc2ccccc2)c(=O)c2ccccc12. The Morgan fingerprint density at radius 2 is 1.59 bits per heavy atom. The summed E-state index contributed by atoms with van der Waals surface area (Å²) in [6, 6.07) is 16.3. The molecule has 1 aliphatic carbocycles. The zero-order chi connectivity index (χ0) is 20.2. The van der Waals surface area contributed by atoms with Gasteiger partial charge in [0, 0.05) is 11.3 Å². The first-order valence-corrected chi connectivity index (χ1v) is 9.77. The molecule has 1 aliphatic rings. The summed E-state index contributed by atoms with van der Waals surface area (Å²) in [7, 11) is 0. The van der Waals surface area contributed by atoms with Crippen LogP contribution in [0.4, 0.5) is 0 Å². The van der Waals surface area contributed by atoms with Crippen molar-refractivity contribution in [1.29, 1.82) is 0 Å². The summed E-state index contributed by atoms with van der Waals surface area (Å²) in [5.74, 6) is -0.792. The first-order chi connectivity index (χ1) is 14.1. The number of benzene rings is 2. The topological polar surface area (TPSA) is 93.1 Å². The van der Waals surface area contributed by atoms with E-state index in [0.29, 0.717) is 10.8 Å². The van der Waals surface area contributed by atoms with Crippen LogP contribution in [0, 0.1) is 5.92 Å². The third-order valence-corrected chi connectivity index (χ3v) is 5.28. The quantitative estimate of drug-likeness (QED) is 0.669. The lowest BCUT2D eigenvalue weighted by atomic mass is 10.1. The number of carbonyl (C=O) groups excluding carboxylic acids is 2. The maximum Gasteiger partial charge on any atom is 0.290 e. The van der Waals surface area contributed by atoms with Gasteiger partial charge >= 0.3 is 0 Å². The van der Waals surface area contributed by atoms with E-state index in [2.05, 4.69) is 16.0 Å². The van der Waals surface area contributed by atoms with E-state index in [-0.39, 0.29) is 29.6 Å². The van der Waals surface area contributed by atoms with Crippen molar-refractivity contribution < 1.29 is 9.59 Å². The molecule has 7 heteroatoms. The summed E-state index contributed by atoms with van der Waals surface area (Å²) in [5.41, 5.74) is 5.70. The average Bonchev–Trinajstić information content (AvgIpc) is 3.30. The normalized spacial score (nSPS) is 14.1. The van der Waals surface area contributed by atoms with Crippen molar-refractivity contribution in [3.63, 3.8) is 0 Å². The number of fused-ring (bicyclic) bond motifs is 1. The molecule has 1 aromatic heterocycles. The van der Waals surface area contributed by atoms with Gasteiger partial charge in [0.05, 0.1) is 11.9 Å². The fourth-order valence-corrected chi connectivity index (χ4v) is 3.73. The van der Waals surface area contributed by atoms with Crippen molar-refractivity contribution in [2.24, 2.45) is 5.92 Å². The Morgan fingerprint density at radius 3 is 2.31 bits per heavy atom. The number of hydrazine groups is 1. The number of aromatic nitrogens is 2. The monoisotopic (exact) mass is 390 g/mol. The second-order valence-corrected chi connectivity index (χ2v) is 7.27. The molecule has 1 fully saturated rings. The van der Waals surface area contributed by atoms with Crippen molar-refractivity contribution >= 4 is 22.6 Å². The Balaban J connectivity index is 1.63. The van der Waals surface area contributed by atoms with E-state index < -0.39 is 5.91 Å². The number of nitrogens with one attached hydrogen (secondary N) is 2. The van der Waals surface area contributed by atoms with E-state index >= 15 is 0 Å². The largest absolute Gasteiger partial charge is 0.290 e. The van der Waals surface area contributed by atoms with E-state index in [0.717, 1.165) is 31.2 Å². The van der Waals surface area contributed by atoms with Crippen LogP contribution in [-0.4, -0.2) is 21.6 Å². The Kier molecular flexibility index (Phi) is 5.37. The van der Waals surface area contributed by atoms with E-state index in [4.69, 9.17) is 0 Å². The fraction of sp³-hybridized carbons (Fsp3) is 0.273. The van der Waals surface area contributed by atoms with Crippen LogP contribution in [0.5, 0.6) is 0 Å². The highest BCUT2D eigenvalue weighted by Crippen LogP contribution is 2.24. The lowest BCUT2D eigenvalue weighted by Gasteiger charge is -2.13. The average molecular weight is 390 g/mol. The van der Waals surface area contributed by atoms with Crippen molar-refractivity contribution in [1.82, 2.24) is 20.6 Å². The summed E-state index contributed by atoms with van der Waals surface area (Å²) in [5, 5.41) is 5.17. The van der Waals surface area contributed by atoms with E-state index in [1.807, 2.05) is 30.3 Å². The first kappa shape index (κ1) is 18.9. The van der Waals surface area contributed by atoms with Crippen LogP contribution in [0.25, 0.3) is 10.8 Å².